The van der Waals surface area contributed by atoms with Gasteiger partial charge < -0.3 is 5.32 Å². The molecule has 0 fully saturated rings. The Labute approximate surface area is 125 Å². The molecule has 0 bridgehead atoms. The maximum absolute atomic E-state index is 11.7. The van der Waals surface area contributed by atoms with Crippen LogP contribution in [0.3, 0.4) is 0 Å². The molecule has 21 heavy (non-hydrogen) atoms. The molecular formula is C14H15N5OS. The molecule has 7 heteroatoms. The van der Waals surface area contributed by atoms with Crippen LogP contribution in [0.4, 0.5) is 5.69 Å². The zero-order valence-corrected chi connectivity index (χ0v) is 12.6. The van der Waals surface area contributed by atoms with Crippen molar-refractivity contribution in [3.63, 3.8) is 0 Å². The van der Waals surface area contributed by atoms with E-state index in [9.17, 15) is 4.79 Å². The monoisotopic (exact) mass is 301 g/mol. The molecule has 0 saturated heterocycles. The molecule has 1 N–H and O–H groups in total. The van der Waals surface area contributed by atoms with Crippen molar-refractivity contribution in [2.75, 3.05) is 5.32 Å². The summed E-state index contributed by atoms with van der Waals surface area (Å²) < 4.78 is 1.72. The summed E-state index contributed by atoms with van der Waals surface area (Å²) in [6.07, 6.45) is 1.36. The molecule has 3 aromatic rings. The first-order valence-corrected chi connectivity index (χ1v) is 7.58. The first-order chi connectivity index (χ1) is 10.2. The Hall–Kier alpha value is -2.28. The summed E-state index contributed by atoms with van der Waals surface area (Å²) in [4.78, 5) is 12.4. The van der Waals surface area contributed by atoms with Gasteiger partial charge in [0.05, 0.1) is 0 Å². The van der Waals surface area contributed by atoms with Crippen molar-refractivity contribution in [2.45, 2.75) is 26.7 Å². The SMILES string of the molecule is CCCC(=O)Nc1cccc(-c2nn3c(C)nnc3s2)c1. The van der Waals surface area contributed by atoms with Crippen LogP contribution in [0, 0.1) is 6.92 Å². The Morgan fingerprint density at radius 1 is 1.38 bits per heavy atom. The van der Waals surface area contributed by atoms with Crippen LogP contribution in [0.15, 0.2) is 24.3 Å². The second kappa shape index (κ2) is 5.61. The number of rotatable bonds is 4. The van der Waals surface area contributed by atoms with Gasteiger partial charge in [0.25, 0.3) is 0 Å². The number of amides is 1. The molecule has 0 saturated carbocycles. The zero-order valence-electron chi connectivity index (χ0n) is 11.8. The van der Waals surface area contributed by atoms with Gasteiger partial charge in [0.1, 0.15) is 5.01 Å². The number of fused-ring (bicyclic) bond motifs is 1. The molecule has 0 radical (unpaired) electrons. The highest BCUT2D eigenvalue weighted by atomic mass is 32.1. The highest BCUT2D eigenvalue weighted by Crippen LogP contribution is 2.27. The largest absolute Gasteiger partial charge is 0.326 e. The topological polar surface area (TPSA) is 72.2 Å². The molecule has 3 rings (SSSR count). The van der Waals surface area contributed by atoms with Gasteiger partial charge in [-0.15, -0.1) is 10.2 Å². The van der Waals surface area contributed by atoms with Crippen LogP contribution in [-0.2, 0) is 4.79 Å². The standard InChI is InChI=1S/C14H15N5OS/c1-3-5-12(20)15-11-7-4-6-10(8-11)13-18-19-9(2)16-17-14(19)21-13/h4,6-8H,3,5H2,1-2H3,(H,15,20). The predicted molar refractivity (Wildman–Crippen MR) is 82.4 cm³/mol. The Balaban J connectivity index is 1.89. The summed E-state index contributed by atoms with van der Waals surface area (Å²) in [6, 6.07) is 7.68. The molecule has 2 aromatic heterocycles. The normalized spacial score (nSPS) is 11.0. The Kier molecular flexibility index (Phi) is 3.66. The average molecular weight is 301 g/mol. The first kappa shape index (κ1) is 13.7. The molecule has 0 aliphatic rings. The lowest BCUT2D eigenvalue weighted by atomic mass is 10.2. The van der Waals surface area contributed by atoms with Crippen molar-refractivity contribution in [1.82, 2.24) is 19.8 Å². The number of carbonyl (C=O) groups is 1. The maximum Gasteiger partial charge on any atom is 0.234 e. The van der Waals surface area contributed by atoms with E-state index in [1.54, 1.807) is 4.52 Å². The summed E-state index contributed by atoms with van der Waals surface area (Å²) in [6.45, 7) is 3.85. The number of nitrogens with one attached hydrogen (secondary N) is 1. The molecule has 0 aliphatic carbocycles. The summed E-state index contributed by atoms with van der Waals surface area (Å²) in [5.74, 6) is 0.795. The van der Waals surface area contributed by atoms with Gasteiger partial charge in [0.15, 0.2) is 5.82 Å². The van der Waals surface area contributed by atoms with E-state index in [2.05, 4.69) is 20.6 Å². The Morgan fingerprint density at radius 2 is 2.24 bits per heavy atom. The second-order valence-electron chi connectivity index (χ2n) is 4.73. The summed E-state index contributed by atoms with van der Waals surface area (Å²) >= 11 is 1.47. The fourth-order valence-electron chi connectivity index (χ4n) is 2.01. The molecule has 0 spiro atoms. The van der Waals surface area contributed by atoms with E-state index in [0.717, 1.165) is 33.5 Å². The lowest BCUT2D eigenvalue weighted by Crippen LogP contribution is -2.10. The first-order valence-electron chi connectivity index (χ1n) is 6.76. The molecule has 0 aliphatic heterocycles. The van der Waals surface area contributed by atoms with Gasteiger partial charge in [0.2, 0.25) is 10.9 Å². The third-order valence-corrected chi connectivity index (χ3v) is 3.96. The predicted octanol–water partition coefficient (Wildman–Crippen LogP) is 2.90. The maximum atomic E-state index is 11.7. The Morgan fingerprint density at radius 3 is 3.00 bits per heavy atom. The van der Waals surface area contributed by atoms with Gasteiger partial charge in [-0.25, -0.2) is 0 Å². The third-order valence-electron chi connectivity index (χ3n) is 3.02. The van der Waals surface area contributed by atoms with E-state index in [4.69, 9.17) is 0 Å². The number of aromatic nitrogens is 4. The van der Waals surface area contributed by atoms with E-state index in [-0.39, 0.29) is 5.91 Å². The van der Waals surface area contributed by atoms with Gasteiger partial charge >= 0.3 is 0 Å². The number of hydrogen-bond acceptors (Lipinski definition) is 5. The molecule has 6 nitrogen and oxygen atoms in total. The average Bonchev–Trinajstić information content (AvgIpc) is 3.02. The number of aryl methyl sites for hydroxylation is 1. The third kappa shape index (κ3) is 2.78. The lowest BCUT2D eigenvalue weighted by molar-refractivity contribution is -0.116. The zero-order chi connectivity index (χ0) is 14.8. The van der Waals surface area contributed by atoms with Crippen LogP contribution in [-0.4, -0.2) is 25.7 Å². The van der Waals surface area contributed by atoms with Crippen LogP contribution in [0.2, 0.25) is 0 Å². The number of carbonyl (C=O) groups excluding carboxylic acids is 1. The van der Waals surface area contributed by atoms with Gasteiger partial charge in [-0.2, -0.15) is 9.61 Å². The summed E-state index contributed by atoms with van der Waals surface area (Å²) in [7, 11) is 0. The van der Waals surface area contributed by atoms with E-state index in [0.29, 0.717) is 6.42 Å². The van der Waals surface area contributed by atoms with Crippen LogP contribution in [0.5, 0.6) is 0 Å². The molecule has 108 valence electrons. The highest BCUT2D eigenvalue weighted by molar-refractivity contribution is 7.19. The van der Waals surface area contributed by atoms with E-state index in [1.807, 2.05) is 38.1 Å². The smallest absolute Gasteiger partial charge is 0.234 e. The fourth-order valence-corrected chi connectivity index (χ4v) is 2.89. The quantitative estimate of drug-likeness (QED) is 0.804. The highest BCUT2D eigenvalue weighted by Gasteiger charge is 2.11. The molecule has 2 heterocycles. The van der Waals surface area contributed by atoms with Crippen LogP contribution in [0.25, 0.3) is 15.5 Å². The molecule has 1 aromatic carbocycles. The van der Waals surface area contributed by atoms with Crippen LogP contribution >= 0.6 is 11.3 Å². The summed E-state index contributed by atoms with van der Waals surface area (Å²) in [5.41, 5.74) is 1.74. The fraction of sp³-hybridized carbons (Fsp3) is 0.286. The second-order valence-corrected chi connectivity index (χ2v) is 5.68. The van der Waals surface area contributed by atoms with Crippen molar-refractivity contribution in [2.24, 2.45) is 0 Å². The summed E-state index contributed by atoms with van der Waals surface area (Å²) in [5, 5.41) is 16.3. The molecule has 0 unspecified atom stereocenters. The number of hydrogen-bond donors (Lipinski definition) is 1. The van der Waals surface area contributed by atoms with E-state index >= 15 is 0 Å². The molecule has 0 atom stereocenters. The lowest BCUT2D eigenvalue weighted by Gasteiger charge is -2.05. The molecular weight excluding hydrogens is 286 g/mol. The van der Waals surface area contributed by atoms with E-state index < -0.39 is 0 Å². The van der Waals surface area contributed by atoms with Crippen molar-refractivity contribution < 1.29 is 4.79 Å². The van der Waals surface area contributed by atoms with Crippen molar-refractivity contribution in [3.05, 3.63) is 30.1 Å². The van der Waals surface area contributed by atoms with Crippen molar-refractivity contribution in [1.29, 1.82) is 0 Å². The number of benzene rings is 1. The van der Waals surface area contributed by atoms with Crippen molar-refractivity contribution >= 4 is 27.9 Å². The van der Waals surface area contributed by atoms with Gasteiger partial charge in [-0.05, 0) is 25.5 Å². The minimum absolute atomic E-state index is 0.0311. The van der Waals surface area contributed by atoms with E-state index in [1.165, 1.54) is 11.3 Å². The minimum atomic E-state index is 0.0311. The van der Waals surface area contributed by atoms with Gasteiger partial charge in [0, 0.05) is 17.7 Å². The number of anilines is 1. The van der Waals surface area contributed by atoms with Crippen molar-refractivity contribution in [3.8, 4) is 10.6 Å². The Bertz CT molecular complexity index is 792. The minimum Gasteiger partial charge on any atom is -0.326 e. The van der Waals surface area contributed by atoms with Crippen LogP contribution < -0.4 is 5.32 Å². The van der Waals surface area contributed by atoms with Crippen LogP contribution in [0.1, 0.15) is 25.6 Å². The van der Waals surface area contributed by atoms with Gasteiger partial charge in [-0.1, -0.05) is 30.4 Å². The van der Waals surface area contributed by atoms with Gasteiger partial charge in [-0.3, -0.25) is 4.79 Å². The number of nitrogens with zero attached hydrogens (tertiary/aromatic N) is 4. The molecule has 1 amide bonds.